The molecule has 0 fully saturated rings. The molecule has 0 aliphatic rings. The Morgan fingerprint density at radius 3 is 2.76 bits per heavy atom. The van der Waals surface area contributed by atoms with E-state index < -0.39 is 9.84 Å². The van der Waals surface area contributed by atoms with Crippen molar-refractivity contribution >= 4 is 25.8 Å². The molecule has 1 atom stereocenters. The van der Waals surface area contributed by atoms with Crippen molar-refractivity contribution in [3.05, 3.63) is 28.5 Å². The molecule has 6 heteroatoms. The summed E-state index contributed by atoms with van der Waals surface area (Å²) in [6, 6.07) is 1.75. The molecule has 0 aliphatic carbocycles. The summed E-state index contributed by atoms with van der Waals surface area (Å²) in [4.78, 5) is 4.03. The number of aromatic nitrogens is 1. The highest BCUT2D eigenvalue weighted by Crippen LogP contribution is 2.18. The second-order valence-electron chi connectivity index (χ2n) is 3.92. The molecule has 0 radical (unpaired) electrons. The third-order valence-electron chi connectivity index (χ3n) is 2.56. The fourth-order valence-corrected chi connectivity index (χ4v) is 2.74. The van der Waals surface area contributed by atoms with Gasteiger partial charge in [0.15, 0.2) is 0 Å². The van der Waals surface area contributed by atoms with E-state index in [1.807, 2.05) is 6.07 Å². The van der Waals surface area contributed by atoms with Crippen LogP contribution in [-0.2, 0) is 9.84 Å². The molecule has 4 nitrogen and oxygen atoms in total. The smallest absolute Gasteiger partial charge is 0.150 e. The van der Waals surface area contributed by atoms with Crippen LogP contribution in [0.5, 0.6) is 0 Å². The molecule has 1 rings (SSSR count). The van der Waals surface area contributed by atoms with Gasteiger partial charge >= 0.3 is 0 Å². The Morgan fingerprint density at radius 2 is 2.18 bits per heavy atom. The van der Waals surface area contributed by atoms with Crippen molar-refractivity contribution in [2.75, 3.05) is 11.5 Å². The van der Waals surface area contributed by atoms with E-state index in [9.17, 15) is 8.42 Å². The molecule has 0 saturated heterocycles. The van der Waals surface area contributed by atoms with Gasteiger partial charge < -0.3 is 5.73 Å². The van der Waals surface area contributed by atoms with Gasteiger partial charge in [-0.3, -0.25) is 4.98 Å². The SMILES string of the molecule is CCS(=O)(=O)CCCC(N)c1cncc(Br)c1. The molecule has 0 aliphatic heterocycles. The molecule has 0 bridgehead atoms. The Hall–Kier alpha value is -0.460. The maximum absolute atomic E-state index is 11.3. The summed E-state index contributed by atoms with van der Waals surface area (Å²) in [5, 5.41) is 0. The zero-order valence-corrected chi connectivity index (χ0v) is 12.2. The van der Waals surface area contributed by atoms with E-state index in [0.717, 1.165) is 10.0 Å². The number of rotatable bonds is 6. The van der Waals surface area contributed by atoms with E-state index >= 15 is 0 Å². The van der Waals surface area contributed by atoms with Crippen LogP contribution in [0, 0.1) is 0 Å². The number of pyridine rings is 1. The Kier molecular flexibility index (Phi) is 5.55. The van der Waals surface area contributed by atoms with Crippen LogP contribution in [0.1, 0.15) is 31.4 Å². The molecule has 1 aromatic heterocycles. The lowest BCUT2D eigenvalue weighted by molar-refractivity contribution is 0.583. The van der Waals surface area contributed by atoms with E-state index in [2.05, 4.69) is 20.9 Å². The van der Waals surface area contributed by atoms with Gasteiger partial charge in [0.1, 0.15) is 9.84 Å². The summed E-state index contributed by atoms with van der Waals surface area (Å²) >= 11 is 3.33. The predicted molar refractivity (Wildman–Crippen MR) is 72.4 cm³/mol. The Labute approximate surface area is 111 Å². The average molecular weight is 321 g/mol. The minimum atomic E-state index is -2.89. The fourth-order valence-electron chi connectivity index (χ4n) is 1.47. The van der Waals surface area contributed by atoms with Crippen molar-refractivity contribution < 1.29 is 8.42 Å². The van der Waals surface area contributed by atoms with E-state index in [-0.39, 0.29) is 17.5 Å². The summed E-state index contributed by atoms with van der Waals surface area (Å²) in [5.41, 5.74) is 6.90. The van der Waals surface area contributed by atoms with Gasteiger partial charge in [-0.2, -0.15) is 0 Å². The third kappa shape index (κ3) is 5.14. The van der Waals surface area contributed by atoms with Gasteiger partial charge in [0, 0.05) is 28.7 Å². The highest BCUT2D eigenvalue weighted by molar-refractivity contribution is 9.10. The molecule has 17 heavy (non-hydrogen) atoms. The van der Waals surface area contributed by atoms with Crippen molar-refractivity contribution in [3.63, 3.8) is 0 Å². The monoisotopic (exact) mass is 320 g/mol. The number of hydrogen-bond acceptors (Lipinski definition) is 4. The number of nitrogens with two attached hydrogens (primary N) is 1. The van der Waals surface area contributed by atoms with Gasteiger partial charge in [0.05, 0.1) is 5.75 Å². The van der Waals surface area contributed by atoms with Gasteiger partial charge in [0.25, 0.3) is 0 Å². The van der Waals surface area contributed by atoms with E-state index in [1.54, 1.807) is 19.3 Å². The summed E-state index contributed by atoms with van der Waals surface area (Å²) in [5.74, 6) is 0.402. The number of nitrogens with zero attached hydrogens (tertiary/aromatic N) is 1. The van der Waals surface area contributed by atoms with Crippen molar-refractivity contribution in [1.82, 2.24) is 4.98 Å². The molecule has 1 heterocycles. The van der Waals surface area contributed by atoms with Crippen LogP contribution in [0.25, 0.3) is 0 Å². The second-order valence-corrected chi connectivity index (χ2v) is 7.31. The first kappa shape index (κ1) is 14.6. The first-order chi connectivity index (χ1) is 7.94. The molecular weight excluding hydrogens is 304 g/mol. The van der Waals surface area contributed by atoms with Crippen LogP contribution in [0.15, 0.2) is 22.9 Å². The normalized spacial score (nSPS) is 13.6. The predicted octanol–water partition coefficient (Wildman–Crippen LogP) is 2.06. The first-order valence-corrected chi connectivity index (χ1v) is 8.12. The van der Waals surface area contributed by atoms with Gasteiger partial charge in [-0.05, 0) is 40.4 Å². The summed E-state index contributed by atoms with van der Waals surface area (Å²) < 4.78 is 23.5. The molecule has 0 spiro atoms. The first-order valence-electron chi connectivity index (χ1n) is 5.51. The van der Waals surface area contributed by atoms with Crippen LogP contribution in [0.4, 0.5) is 0 Å². The lowest BCUT2D eigenvalue weighted by Gasteiger charge is -2.11. The largest absolute Gasteiger partial charge is 0.324 e. The zero-order valence-electron chi connectivity index (χ0n) is 9.77. The van der Waals surface area contributed by atoms with Crippen molar-refractivity contribution in [2.45, 2.75) is 25.8 Å². The Morgan fingerprint density at radius 1 is 1.47 bits per heavy atom. The fraction of sp³-hybridized carbons (Fsp3) is 0.545. The molecular formula is C11H17BrN2O2S. The minimum absolute atomic E-state index is 0.160. The second kappa shape index (κ2) is 6.47. The van der Waals surface area contributed by atoms with Crippen LogP contribution in [0.2, 0.25) is 0 Å². The summed E-state index contributed by atoms with van der Waals surface area (Å²) in [7, 11) is -2.89. The average Bonchev–Trinajstić information content (AvgIpc) is 2.28. The summed E-state index contributed by atoms with van der Waals surface area (Å²) in [6.45, 7) is 1.66. The van der Waals surface area contributed by atoms with E-state index in [4.69, 9.17) is 5.73 Å². The number of halogens is 1. The third-order valence-corrected chi connectivity index (χ3v) is 4.79. The maximum Gasteiger partial charge on any atom is 0.150 e. The molecule has 0 aromatic carbocycles. The Balaban J connectivity index is 2.48. The van der Waals surface area contributed by atoms with Crippen LogP contribution in [-0.4, -0.2) is 24.9 Å². The van der Waals surface area contributed by atoms with Crippen LogP contribution < -0.4 is 5.73 Å². The molecule has 2 N–H and O–H groups in total. The Bertz CT molecular complexity index is 462. The number of hydrogen-bond donors (Lipinski definition) is 1. The van der Waals surface area contributed by atoms with Gasteiger partial charge in [-0.1, -0.05) is 6.92 Å². The van der Waals surface area contributed by atoms with Crippen LogP contribution in [0.3, 0.4) is 0 Å². The standard InChI is InChI=1S/C11H17BrN2O2S/c1-2-17(15,16)5-3-4-11(13)9-6-10(12)8-14-7-9/h6-8,11H,2-5,13H2,1H3. The maximum atomic E-state index is 11.3. The summed E-state index contributed by atoms with van der Waals surface area (Å²) in [6.07, 6.45) is 4.64. The van der Waals surface area contributed by atoms with E-state index in [1.165, 1.54) is 0 Å². The molecule has 0 amide bonds. The lowest BCUT2D eigenvalue weighted by Crippen LogP contribution is -2.14. The van der Waals surface area contributed by atoms with Crippen molar-refractivity contribution in [3.8, 4) is 0 Å². The molecule has 0 saturated carbocycles. The number of sulfone groups is 1. The molecule has 1 unspecified atom stereocenters. The van der Waals surface area contributed by atoms with Gasteiger partial charge in [-0.15, -0.1) is 0 Å². The minimum Gasteiger partial charge on any atom is -0.324 e. The van der Waals surface area contributed by atoms with Crippen molar-refractivity contribution in [1.29, 1.82) is 0 Å². The molecule has 96 valence electrons. The van der Waals surface area contributed by atoms with Crippen molar-refractivity contribution in [2.24, 2.45) is 5.73 Å². The highest BCUT2D eigenvalue weighted by atomic mass is 79.9. The lowest BCUT2D eigenvalue weighted by atomic mass is 10.1. The quantitative estimate of drug-likeness (QED) is 0.870. The van der Waals surface area contributed by atoms with E-state index in [0.29, 0.717) is 12.8 Å². The highest BCUT2D eigenvalue weighted by Gasteiger charge is 2.11. The zero-order chi connectivity index (χ0) is 12.9. The topological polar surface area (TPSA) is 73.0 Å². The van der Waals surface area contributed by atoms with Crippen LogP contribution >= 0.6 is 15.9 Å². The van der Waals surface area contributed by atoms with Gasteiger partial charge in [-0.25, -0.2) is 8.42 Å². The van der Waals surface area contributed by atoms with Gasteiger partial charge in [0.2, 0.25) is 0 Å². The molecule has 1 aromatic rings.